The van der Waals surface area contributed by atoms with Gasteiger partial charge < -0.3 is 19.5 Å². The molecule has 5 heteroatoms. The zero-order valence-corrected chi connectivity index (χ0v) is 13.4. The van der Waals surface area contributed by atoms with Crippen LogP contribution in [0.4, 0.5) is 0 Å². The van der Waals surface area contributed by atoms with Crippen LogP contribution in [0.2, 0.25) is 0 Å². The Morgan fingerprint density at radius 3 is 2.67 bits per heavy atom. The van der Waals surface area contributed by atoms with Crippen molar-refractivity contribution in [1.29, 1.82) is 0 Å². The summed E-state index contributed by atoms with van der Waals surface area (Å²) in [5.74, 6) is 1.46. The molecule has 5 nitrogen and oxygen atoms in total. The molecule has 0 saturated heterocycles. The Morgan fingerprint density at radius 2 is 2.00 bits per heavy atom. The number of nitrogens with zero attached hydrogens (tertiary/aromatic N) is 1. The minimum Gasteiger partial charge on any atom is -0.492 e. The second kappa shape index (κ2) is 11.5. The molecule has 1 aromatic rings. The van der Waals surface area contributed by atoms with Crippen molar-refractivity contribution in [3.05, 3.63) is 24.0 Å². The number of hydrogen-bond acceptors (Lipinski definition) is 5. The molecule has 0 radical (unpaired) electrons. The fourth-order valence-corrected chi connectivity index (χ4v) is 1.69. The van der Waals surface area contributed by atoms with E-state index in [4.69, 9.17) is 14.2 Å². The van der Waals surface area contributed by atoms with E-state index in [1.165, 1.54) is 0 Å². The maximum Gasteiger partial charge on any atom is 0.137 e. The number of pyridine rings is 1. The molecule has 1 heterocycles. The van der Waals surface area contributed by atoms with Crippen LogP contribution in [-0.4, -0.2) is 45.1 Å². The van der Waals surface area contributed by atoms with Crippen molar-refractivity contribution in [2.45, 2.75) is 26.8 Å². The van der Waals surface area contributed by atoms with Crippen LogP contribution in [0.1, 0.15) is 26.0 Å². The lowest BCUT2D eigenvalue weighted by molar-refractivity contribution is 0.0644. The van der Waals surface area contributed by atoms with Crippen LogP contribution in [0.25, 0.3) is 0 Å². The summed E-state index contributed by atoms with van der Waals surface area (Å²) in [6.07, 6.45) is 2.64. The van der Waals surface area contributed by atoms with Gasteiger partial charge in [-0.05, 0) is 24.6 Å². The Morgan fingerprint density at radius 1 is 1.14 bits per heavy atom. The van der Waals surface area contributed by atoms with Gasteiger partial charge in [0, 0.05) is 26.7 Å². The van der Waals surface area contributed by atoms with Gasteiger partial charge in [-0.15, -0.1) is 0 Å². The Hall–Kier alpha value is -1.17. The molecule has 0 bridgehead atoms. The van der Waals surface area contributed by atoms with E-state index in [0.29, 0.717) is 32.3 Å². The topological polar surface area (TPSA) is 52.6 Å². The van der Waals surface area contributed by atoms with E-state index in [9.17, 15) is 0 Å². The van der Waals surface area contributed by atoms with Crippen LogP contribution in [0.5, 0.6) is 5.75 Å². The van der Waals surface area contributed by atoms with Gasteiger partial charge in [0.15, 0.2) is 0 Å². The maximum absolute atomic E-state index is 5.62. The predicted octanol–water partition coefficient (Wildman–Crippen LogP) is 2.26. The van der Waals surface area contributed by atoms with Crippen molar-refractivity contribution in [2.24, 2.45) is 5.92 Å². The largest absolute Gasteiger partial charge is 0.492 e. The molecular weight excluding hydrogens is 268 g/mol. The van der Waals surface area contributed by atoms with Crippen molar-refractivity contribution in [3.8, 4) is 5.75 Å². The number of aromatic nitrogens is 1. The Balaban J connectivity index is 2.10. The first-order valence-corrected chi connectivity index (χ1v) is 7.57. The highest BCUT2D eigenvalue weighted by Crippen LogP contribution is 2.09. The van der Waals surface area contributed by atoms with E-state index in [0.717, 1.165) is 31.0 Å². The summed E-state index contributed by atoms with van der Waals surface area (Å²) in [5.41, 5.74) is 1.03. The number of rotatable bonds is 12. The van der Waals surface area contributed by atoms with Crippen molar-refractivity contribution in [3.63, 3.8) is 0 Å². The number of methoxy groups -OCH3 is 1. The molecule has 0 spiro atoms. The van der Waals surface area contributed by atoms with Crippen LogP contribution in [-0.2, 0) is 16.0 Å². The quantitative estimate of drug-likeness (QED) is 0.600. The number of hydrogen-bond donors (Lipinski definition) is 1. The molecule has 0 amide bonds. The van der Waals surface area contributed by atoms with Gasteiger partial charge in [-0.1, -0.05) is 13.8 Å². The first kappa shape index (κ1) is 17.9. The van der Waals surface area contributed by atoms with Gasteiger partial charge in [-0.2, -0.15) is 0 Å². The molecule has 1 rings (SSSR count). The van der Waals surface area contributed by atoms with E-state index in [1.54, 1.807) is 13.3 Å². The Kier molecular flexibility index (Phi) is 9.78. The molecule has 1 aromatic heterocycles. The standard InChI is InChI=1S/C16H28N2O3/c1-14(2)11-17-12-15-5-6-16(13-18-15)21-8-4-7-20-10-9-19-3/h5-6,13-14,17H,4,7-12H2,1-3H3. The molecular formula is C16H28N2O3. The van der Waals surface area contributed by atoms with E-state index in [1.807, 2.05) is 12.1 Å². The average molecular weight is 296 g/mol. The average Bonchev–Trinajstić information content (AvgIpc) is 2.47. The summed E-state index contributed by atoms with van der Waals surface area (Å²) >= 11 is 0. The SMILES string of the molecule is COCCOCCCOc1ccc(CNCC(C)C)nc1. The van der Waals surface area contributed by atoms with Gasteiger partial charge >= 0.3 is 0 Å². The molecule has 0 aliphatic heterocycles. The fourth-order valence-electron chi connectivity index (χ4n) is 1.69. The van der Waals surface area contributed by atoms with Crippen LogP contribution in [0.15, 0.2) is 18.3 Å². The minimum atomic E-state index is 0.635. The number of ether oxygens (including phenoxy) is 3. The van der Waals surface area contributed by atoms with Crippen LogP contribution < -0.4 is 10.1 Å². The normalized spacial score (nSPS) is 11.0. The van der Waals surface area contributed by atoms with E-state index < -0.39 is 0 Å². The summed E-state index contributed by atoms with van der Waals surface area (Å²) in [6.45, 7) is 8.78. The van der Waals surface area contributed by atoms with Crippen molar-refractivity contribution >= 4 is 0 Å². The minimum absolute atomic E-state index is 0.635. The first-order valence-electron chi connectivity index (χ1n) is 7.57. The van der Waals surface area contributed by atoms with Crippen LogP contribution in [0, 0.1) is 5.92 Å². The van der Waals surface area contributed by atoms with Crippen molar-refractivity contribution in [2.75, 3.05) is 40.1 Å². The van der Waals surface area contributed by atoms with Crippen LogP contribution in [0.3, 0.4) is 0 Å². The van der Waals surface area contributed by atoms with Gasteiger partial charge in [0.05, 0.1) is 31.7 Å². The van der Waals surface area contributed by atoms with Crippen molar-refractivity contribution < 1.29 is 14.2 Å². The van der Waals surface area contributed by atoms with Crippen LogP contribution >= 0.6 is 0 Å². The van der Waals surface area contributed by atoms with E-state index in [-0.39, 0.29) is 0 Å². The lowest BCUT2D eigenvalue weighted by Crippen LogP contribution is -2.19. The first-order chi connectivity index (χ1) is 10.2. The molecule has 1 N–H and O–H groups in total. The van der Waals surface area contributed by atoms with Gasteiger partial charge in [0.25, 0.3) is 0 Å². The molecule has 0 fully saturated rings. The predicted molar refractivity (Wildman–Crippen MR) is 83.6 cm³/mol. The summed E-state index contributed by atoms with van der Waals surface area (Å²) in [6, 6.07) is 3.96. The van der Waals surface area contributed by atoms with Gasteiger partial charge in [-0.3, -0.25) is 4.98 Å². The monoisotopic (exact) mass is 296 g/mol. The lowest BCUT2D eigenvalue weighted by Gasteiger charge is -2.09. The molecule has 0 aromatic carbocycles. The second-order valence-corrected chi connectivity index (χ2v) is 5.32. The fraction of sp³-hybridized carbons (Fsp3) is 0.688. The summed E-state index contributed by atoms with van der Waals surface area (Å²) in [5, 5.41) is 3.37. The molecule has 0 aliphatic rings. The summed E-state index contributed by atoms with van der Waals surface area (Å²) in [4.78, 5) is 4.38. The van der Waals surface area contributed by atoms with E-state index in [2.05, 4.69) is 24.1 Å². The van der Waals surface area contributed by atoms with Crippen molar-refractivity contribution in [1.82, 2.24) is 10.3 Å². The Bertz CT molecular complexity index is 355. The molecule has 0 unspecified atom stereocenters. The third-order valence-electron chi connectivity index (χ3n) is 2.79. The molecule has 0 saturated carbocycles. The third-order valence-corrected chi connectivity index (χ3v) is 2.79. The third kappa shape index (κ3) is 9.39. The Labute approximate surface area is 128 Å². The van der Waals surface area contributed by atoms with Gasteiger partial charge in [0.2, 0.25) is 0 Å². The lowest BCUT2D eigenvalue weighted by atomic mass is 10.2. The zero-order chi connectivity index (χ0) is 15.3. The molecule has 21 heavy (non-hydrogen) atoms. The molecule has 0 aliphatic carbocycles. The van der Waals surface area contributed by atoms with Gasteiger partial charge in [0.1, 0.15) is 5.75 Å². The molecule has 120 valence electrons. The highest BCUT2D eigenvalue weighted by Gasteiger charge is 1.99. The second-order valence-electron chi connectivity index (χ2n) is 5.32. The zero-order valence-electron chi connectivity index (χ0n) is 13.4. The molecule has 0 atom stereocenters. The smallest absolute Gasteiger partial charge is 0.137 e. The highest BCUT2D eigenvalue weighted by molar-refractivity contribution is 5.19. The summed E-state index contributed by atoms with van der Waals surface area (Å²) in [7, 11) is 1.67. The number of nitrogens with one attached hydrogen (secondary N) is 1. The maximum atomic E-state index is 5.62. The summed E-state index contributed by atoms with van der Waals surface area (Å²) < 4.78 is 15.9. The highest BCUT2D eigenvalue weighted by atomic mass is 16.5. The van der Waals surface area contributed by atoms with Gasteiger partial charge in [-0.25, -0.2) is 0 Å². The van der Waals surface area contributed by atoms with E-state index >= 15 is 0 Å².